The van der Waals surface area contributed by atoms with E-state index in [0.717, 1.165) is 22.5 Å². The van der Waals surface area contributed by atoms with E-state index < -0.39 is 0 Å². The highest BCUT2D eigenvalue weighted by Gasteiger charge is 2.12. The number of nitrogens with zero attached hydrogens (tertiary/aromatic N) is 2. The third-order valence-corrected chi connectivity index (χ3v) is 4.97. The highest BCUT2D eigenvalue weighted by molar-refractivity contribution is 6.37. The first-order chi connectivity index (χ1) is 14.1. The highest BCUT2D eigenvalue weighted by Crippen LogP contribution is 2.26. The molecule has 29 heavy (non-hydrogen) atoms. The summed E-state index contributed by atoms with van der Waals surface area (Å²) < 4.78 is 1.81. The van der Waals surface area contributed by atoms with Gasteiger partial charge in [0.15, 0.2) is 5.78 Å². The lowest BCUT2D eigenvalue weighted by molar-refractivity contribution is 0.104. The summed E-state index contributed by atoms with van der Waals surface area (Å²) in [5, 5.41) is 5.56. The van der Waals surface area contributed by atoms with E-state index in [1.165, 1.54) is 6.08 Å². The summed E-state index contributed by atoms with van der Waals surface area (Å²) >= 11 is 12.1. The molecule has 3 aromatic carbocycles. The summed E-state index contributed by atoms with van der Waals surface area (Å²) in [6, 6.07) is 24.5. The fourth-order valence-electron chi connectivity index (χ4n) is 2.99. The van der Waals surface area contributed by atoms with Gasteiger partial charge in [-0.25, -0.2) is 4.68 Å². The van der Waals surface area contributed by atoms with Crippen LogP contribution in [-0.2, 0) is 0 Å². The molecule has 0 unspecified atom stereocenters. The predicted molar refractivity (Wildman–Crippen MR) is 119 cm³/mol. The lowest BCUT2D eigenvalue weighted by atomic mass is 10.1. The quantitative estimate of drug-likeness (QED) is 0.265. The second kappa shape index (κ2) is 8.48. The van der Waals surface area contributed by atoms with E-state index in [2.05, 4.69) is 0 Å². The van der Waals surface area contributed by atoms with Crippen molar-refractivity contribution in [3.63, 3.8) is 0 Å². The van der Waals surface area contributed by atoms with Crippen molar-refractivity contribution in [2.24, 2.45) is 0 Å². The van der Waals surface area contributed by atoms with Crippen LogP contribution in [-0.4, -0.2) is 15.6 Å². The summed E-state index contributed by atoms with van der Waals surface area (Å²) in [7, 11) is 0. The topological polar surface area (TPSA) is 34.9 Å². The number of aromatic nitrogens is 2. The van der Waals surface area contributed by atoms with Crippen LogP contribution >= 0.6 is 23.2 Å². The zero-order valence-electron chi connectivity index (χ0n) is 15.3. The van der Waals surface area contributed by atoms with Crippen LogP contribution in [0, 0.1) is 0 Å². The lowest BCUT2D eigenvalue weighted by Crippen LogP contribution is -1.95. The average Bonchev–Trinajstić information content (AvgIpc) is 3.18. The van der Waals surface area contributed by atoms with Gasteiger partial charge in [-0.15, -0.1) is 0 Å². The van der Waals surface area contributed by atoms with Crippen molar-refractivity contribution < 1.29 is 4.79 Å². The number of hydrogen-bond acceptors (Lipinski definition) is 2. The number of rotatable bonds is 5. The van der Waals surface area contributed by atoms with E-state index in [4.69, 9.17) is 28.3 Å². The number of allylic oxidation sites excluding steroid dienone is 1. The van der Waals surface area contributed by atoms with Crippen LogP contribution in [0.25, 0.3) is 23.0 Å². The zero-order valence-corrected chi connectivity index (χ0v) is 16.8. The lowest BCUT2D eigenvalue weighted by Gasteiger charge is -2.01. The molecule has 1 aromatic heterocycles. The van der Waals surface area contributed by atoms with Crippen LogP contribution in [0.1, 0.15) is 15.9 Å². The molecular formula is C24H16Cl2N2O. The Hall–Kier alpha value is -3.14. The van der Waals surface area contributed by atoms with E-state index in [1.54, 1.807) is 24.3 Å². The molecular weight excluding hydrogens is 403 g/mol. The summed E-state index contributed by atoms with van der Waals surface area (Å²) in [4.78, 5) is 12.6. The van der Waals surface area contributed by atoms with Crippen LogP contribution in [0.4, 0.5) is 0 Å². The maximum Gasteiger partial charge on any atom is 0.187 e. The number of benzene rings is 3. The Morgan fingerprint density at radius 2 is 1.59 bits per heavy atom. The average molecular weight is 419 g/mol. The minimum atomic E-state index is -0.196. The molecule has 0 radical (unpaired) electrons. The van der Waals surface area contributed by atoms with Crippen LogP contribution in [0.15, 0.2) is 91.1 Å². The molecule has 0 atom stereocenters. The second-order valence-corrected chi connectivity index (χ2v) is 7.24. The highest BCUT2D eigenvalue weighted by atomic mass is 35.5. The molecule has 0 aliphatic rings. The third-order valence-electron chi connectivity index (χ3n) is 4.42. The van der Waals surface area contributed by atoms with Crippen molar-refractivity contribution in [2.75, 3.05) is 0 Å². The maximum atomic E-state index is 12.6. The van der Waals surface area contributed by atoms with Gasteiger partial charge in [-0.05, 0) is 42.5 Å². The molecule has 5 heteroatoms. The normalized spacial score (nSPS) is 11.1. The van der Waals surface area contributed by atoms with Crippen LogP contribution in [0.3, 0.4) is 0 Å². The van der Waals surface area contributed by atoms with Gasteiger partial charge in [-0.3, -0.25) is 4.79 Å². The molecule has 0 aliphatic heterocycles. The molecule has 0 N–H and O–H groups in total. The van der Waals surface area contributed by atoms with Crippen molar-refractivity contribution in [1.29, 1.82) is 0 Å². The van der Waals surface area contributed by atoms with Crippen LogP contribution in [0.2, 0.25) is 10.0 Å². The van der Waals surface area contributed by atoms with Crippen LogP contribution < -0.4 is 0 Å². The van der Waals surface area contributed by atoms with E-state index in [0.29, 0.717) is 15.6 Å². The van der Waals surface area contributed by atoms with Crippen molar-refractivity contribution in [3.05, 3.63) is 112 Å². The largest absolute Gasteiger partial charge is 0.289 e. The molecule has 0 aliphatic carbocycles. The Morgan fingerprint density at radius 3 is 2.28 bits per heavy atom. The Balaban J connectivity index is 1.73. The molecule has 3 nitrogen and oxygen atoms in total. The first-order valence-electron chi connectivity index (χ1n) is 9.00. The molecule has 0 fully saturated rings. The maximum absolute atomic E-state index is 12.6. The number of carbonyl (C=O) groups excluding carboxylic acids is 1. The Morgan fingerprint density at radius 1 is 0.897 bits per heavy atom. The molecule has 0 saturated heterocycles. The van der Waals surface area contributed by atoms with E-state index in [1.807, 2.05) is 71.5 Å². The van der Waals surface area contributed by atoms with E-state index in [9.17, 15) is 4.79 Å². The van der Waals surface area contributed by atoms with Gasteiger partial charge in [-0.2, -0.15) is 5.10 Å². The minimum absolute atomic E-state index is 0.196. The van der Waals surface area contributed by atoms with Gasteiger partial charge in [-0.1, -0.05) is 71.7 Å². The molecule has 0 bridgehead atoms. The number of carbonyl (C=O) groups is 1. The number of para-hydroxylation sites is 1. The molecule has 0 saturated carbocycles. The van der Waals surface area contributed by atoms with E-state index >= 15 is 0 Å². The molecule has 0 spiro atoms. The SMILES string of the molecule is O=C(/C=C/c1cn(-c2ccccc2)nc1-c1ccccc1)c1ccc(Cl)cc1Cl. The van der Waals surface area contributed by atoms with Gasteiger partial charge in [0.05, 0.1) is 16.4 Å². The summed E-state index contributed by atoms with van der Waals surface area (Å²) in [5.74, 6) is -0.196. The smallest absolute Gasteiger partial charge is 0.187 e. The second-order valence-electron chi connectivity index (χ2n) is 6.40. The molecule has 1 heterocycles. The Kier molecular flexibility index (Phi) is 5.61. The van der Waals surface area contributed by atoms with Crippen LogP contribution in [0.5, 0.6) is 0 Å². The molecule has 4 rings (SSSR count). The number of ketones is 1. The van der Waals surface area contributed by atoms with Gasteiger partial charge < -0.3 is 0 Å². The molecule has 4 aromatic rings. The Labute approximate surface area is 178 Å². The Bertz CT molecular complexity index is 1180. The van der Waals surface area contributed by atoms with Gasteiger partial charge in [0.1, 0.15) is 0 Å². The first-order valence-corrected chi connectivity index (χ1v) is 9.75. The fraction of sp³-hybridized carbons (Fsp3) is 0. The fourth-order valence-corrected chi connectivity index (χ4v) is 3.49. The predicted octanol–water partition coefficient (Wildman–Crippen LogP) is 6.74. The van der Waals surface area contributed by atoms with Gasteiger partial charge in [0.2, 0.25) is 0 Å². The van der Waals surface area contributed by atoms with Crippen molar-refractivity contribution in [2.45, 2.75) is 0 Å². The standard InChI is InChI=1S/C24H16Cl2N2O/c25-19-12-13-21(22(26)15-19)23(29)14-11-18-16-28(20-9-5-2-6-10-20)27-24(18)17-7-3-1-4-8-17/h1-16H/b14-11+. The van der Waals surface area contributed by atoms with Crippen molar-refractivity contribution in [1.82, 2.24) is 9.78 Å². The zero-order chi connectivity index (χ0) is 20.2. The van der Waals surface area contributed by atoms with Crippen molar-refractivity contribution in [3.8, 4) is 16.9 Å². The van der Waals surface area contributed by atoms with Gasteiger partial charge >= 0.3 is 0 Å². The van der Waals surface area contributed by atoms with Gasteiger partial charge in [0, 0.05) is 27.9 Å². The summed E-state index contributed by atoms with van der Waals surface area (Å²) in [5.41, 5.74) is 3.94. The minimum Gasteiger partial charge on any atom is -0.289 e. The summed E-state index contributed by atoms with van der Waals surface area (Å²) in [6.07, 6.45) is 5.18. The first kappa shape index (κ1) is 19.2. The van der Waals surface area contributed by atoms with Gasteiger partial charge in [0.25, 0.3) is 0 Å². The summed E-state index contributed by atoms with van der Waals surface area (Å²) in [6.45, 7) is 0. The molecule has 0 amide bonds. The third kappa shape index (κ3) is 4.32. The van der Waals surface area contributed by atoms with Crippen molar-refractivity contribution >= 4 is 35.1 Å². The number of halogens is 2. The monoisotopic (exact) mass is 418 g/mol. The van der Waals surface area contributed by atoms with E-state index in [-0.39, 0.29) is 5.78 Å². The number of hydrogen-bond donors (Lipinski definition) is 0. The molecule has 142 valence electrons.